The molecule has 2 atom stereocenters. The predicted molar refractivity (Wildman–Crippen MR) is 110 cm³/mol. The highest BCUT2D eigenvalue weighted by molar-refractivity contribution is 5.87. The zero-order valence-electron chi connectivity index (χ0n) is 15.9. The fourth-order valence-electron chi connectivity index (χ4n) is 2.41. The minimum atomic E-state index is -0.676. The zero-order valence-corrected chi connectivity index (χ0v) is 17.5. The fraction of sp³-hybridized carbons (Fsp3) is 0.389. The Bertz CT molecular complexity index is 768. The molecule has 0 spiro atoms. The second-order valence-electron chi connectivity index (χ2n) is 6.44. The van der Waals surface area contributed by atoms with E-state index < -0.39 is 18.0 Å². The van der Waals surface area contributed by atoms with Crippen LogP contribution in [0.25, 0.3) is 0 Å². The molecule has 0 bridgehead atoms. The summed E-state index contributed by atoms with van der Waals surface area (Å²) in [6, 6.07) is 4.57. The first-order valence-electron chi connectivity index (χ1n) is 8.35. The lowest BCUT2D eigenvalue weighted by molar-refractivity contribution is -0.127. The molecule has 4 N–H and O–H groups in total. The topological polar surface area (TPSA) is 102 Å². The molecule has 0 aliphatic heterocycles. The summed E-state index contributed by atoms with van der Waals surface area (Å²) in [6.45, 7) is 3.45. The second kappa shape index (κ2) is 11.6. The lowest BCUT2D eigenvalue weighted by Crippen LogP contribution is -2.47. The number of nitrogens with one attached hydrogen (secondary N) is 2. The molecular formula is C18H26Cl2FN5O2. The second-order valence-corrected chi connectivity index (χ2v) is 6.44. The molecule has 0 aliphatic carbocycles. The smallest absolute Gasteiger partial charge is 0.240 e. The minimum absolute atomic E-state index is 0. The fourth-order valence-corrected chi connectivity index (χ4v) is 2.41. The number of carbonyl (C=O) groups is 2. The molecule has 0 fully saturated rings. The van der Waals surface area contributed by atoms with Crippen LogP contribution in [0.3, 0.4) is 0 Å². The molecule has 7 nitrogen and oxygen atoms in total. The molecule has 0 aliphatic rings. The highest BCUT2D eigenvalue weighted by Gasteiger charge is 2.22. The SMILES string of the molecule is CC(C)[C@H](N)C(=O)NCC(=O)NC(c1ccc(F)cc1)c1nccn1C.Cl.Cl. The summed E-state index contributed by atoms with van der Waals surface area (Å²) in [5, 5.41) is 5.35. The van der Waals surface area contributed by atoms with Crippen LogP contribution in [0.4, 0.5) is 4.39 Å². The Kier molecular flexibility index (Phi) is 10.7. The van der Waals surface area contributed by atoms with E-state index in [2.05, 4.69) is 15.6 Å². The van der Waals surface area contributed by atoms with Gasteiger partial charge in [-0.2, -0.15) is 0 Å². The van der Waals surface area contributed by atoms with Crippen molar-refractivity contribution in [3.05, 3.63) is 53.9 Å². The molecule has 28 heavy (non-hydrogen) atoms. The van der Waals surface area contributed by atoms with Gasteiger partial charge in [-0.25, -0.2) is 9.37 Å². The Hall–Kier alpha value is -2.16. The minimum Gasteiger partial charge on any atom is -0.346 e. The number of aromatic nitrogens is 2. The van der Waals surface area contributed by atoms with Crippen molar-refractivity contribution in [2.75, 3.05) is 6.54 Å². The number of nitrogens with two attached hydrogens (primary N) is 1. The molecule has 2 amide bonds. The van der Waals surface area contributed by atoms with E-state index in [9.17, 15) is 14.0 Å². The van der Waals surface area contributed by atoms with Crippen molar-refractivity contribution < 1.29 is 14.0 Å². The van der Waals surface area contributed by atoms with Gasteiger partial charge in [0.1, 0.15) is 17.7 Å². The van der Waals surface area contributed by atoms with Crippen molar-refractivity contribution in [1.82, 2.24) is 20.2 Å². The van der Waals surface area contributed by atoms with Crippen LogP contribution in [0.15, 0.2) is 36.7 Å². The molecule has 1 heterocycles. The van der Waals surface area contributed by atoms with Gasteiger partial charge in [-0.15, -0.1) is 24.8 Å². The summed E-state index contributed by atoms with van der Waals surface area (Å²) in [5.74, 6) is -0.585. The van der Waals surface area contributed by atoms with Crippen LogP contribution < -0.4 is 16.4 Å². The number of benzene rings is 1. The number of carbonyl (C=O) groups excluding carboxylic acids is 2. The summed E-state index contributed by atoms with van der Waals surface area (Å²) in [6.07, 6.45) is 3.36. The molecule has 2 aromatic rings. The van der Waals surface area contributed by atoms with Crippen molar-refractivity contribution in [2.24, 2.45) is 18.7 Å². The number of amides is 2. The van der Waals surface area contributed by atoms with Crippen molar-refractivity contribution in [3.8, 4) is 0 Å². The Balaban J connectivity index is 0.00000364. The monoisotopic (exact) mass is 433 g/mol. The van der Waals surface area contributed by atoms with Crippen LogP contribution in [0, 0.1) is 11.7 Å². The molecule has 1 unspecified atom stereocenters. The first-order valence-corrected chi connectivity index (χ1v) is 8.35. The summed E-state index contributed by atoms with van der Waals surface area (Å²) >= 11 is 0. The Labute approximate surface area is 176 Å². The number of nitrogens with zero attached hydrogens (tertiary/aromatic N) is 2. The molecule has 0 radical (unpaired) electrons. The Morgan fingerprint density at radius 2 is 1.82 bits per heavy atom. The van der Waals surface area contributed by atoms with Gasteiger partial charge in [0.25, 0.3) is 0 Å². The standard InChI is InChI=1S/C18H24FN5O2.2ClH/c1-11(2)15(20)18(26)22-10-14(25)23-16(17-21-8-9-24(17)3)12-4-6-13(19)7-5-12;;/h4-9,11,15-16H,10,20H2,1-3H3,(H,22,26)(H,23,25);2*1H/t15-,16?;;/m0../s1. The summed E-state index contributed by atoms with van der Waals surface area (Å²) in [7, 11) is 1.80. The molecule has 2 rings (SSSR count). The third-order valence-electron chi connectivity index (χ3n) is 4.07. The maximum atomic E-state index is 13.2. The first kappa shape index (κ1) is 25.8. The number of hydrogen-bond acceptors (Lipinski definition) is 4. The third-order valence-corrected chi connectivity index (χ3v) is 4.07. The quantitative estimate of drug-likeness (QED) is 0.618. The van der Waals surface area contributed by atoms with E-state index in [0.717, 1.165) is 0 Å². The van der Waals surface area contributed by atoms with E-state index in [1.54, 1.807) is 36.1 Å². The lowest BCUT2D eigenvalue weighted by atomic mass is 10.0. The van der Waals surface area contributed by atoms with Gasteiger partial charge in [0.05, 0.1) is 12.6 Å². The van der Waals surface area contributed by atoms with E-state index in [1.165, 1.54) is 12.1 Å². The molecule has 0 saturated heterocycles. The van der Waals surface area contributed by atoms with Gasteiger partial charge in [0.2, 0.25) is 11.8 Å². The number of halogens is 3. The molecular weight excluding hydrogens is 408 g/mol. The molecule has 1 aromatic heterocycles. The van der Waals surface area contributed by atoms with Crippen molar-refractivity contribution >= 4 is 36.6 Å². The summed E-state index contributed by atoms with van der Waals surface area (Å²) in [4.78, 5) is 28.5. The Morgan fingerprint density at radius 3 is 2.32 bits per heavy atom. The van der Waals surface area contributed by atoms with Crippen LogP contribution in [0.2, 0.25) is 0 Å². The summed E-state index contributed by atoms with van der Waals surface area (Å²) in [5.41, 5.74) is 6.44. The first-order chi connectivity index (χ1) is 12.3. The average molecular weight is 434 g/mol. The average Bonchev–Trinajstić information content (AvgIpc) is 3.03. The Morgan fingerprint density at radius 1 is 1.21 bits per heavy atom. The largest absolute Gasteiger partial charge is 0.346 e. The number of hydrogen-bond donors (Lipinski definition) is 3. The van der Waals surface area contributed by atoms with Gasteiger partial charge < -0.3 is 20.9 Å². The zero-order chi connectivity index (χ0) is 19.3. The predicted octanol–water partition coefficient (Wildman–Crippen LogP) is 1.71. The van der Waals surface area contributed by atoms with Crippen molar-refractivity contribution in [2.45, 2.75) is 25.9 Å². The van der Waals surface area contributed by atoms with E-state index in [-0.39, 0.29) is 49.0 Å². The van der Waals surface area contributed by atoms with Crippen molar-refractivity contribution in [1.29, 1.82) is 0 Å². The van der Waals surface area contributed by atoms with Crippen LogP contribution in [0.5, 0.6) is 0 Å². The van der Waals surface area contributed by atoms with Gasteiger partial charge in [-0.1, -0.05) is 26.0 Å². The molecule has 10 heteroatoms. The molecule has 0 saturated carbocycles. The lowest BCUT2D eigenvalue weighted by Gasteiger charge is -2.20. The van der Waals surface area contributed by atoms with Crippen LogP contribution in [-0.4, -0.2) is 34.0 Å². The van der Waals surface area contributed by atoms with E-state index >= 15 is 0 Å². The van der Waals surface area contributed by atoms with Crippen molar-refractivity contribution in [3.63, 3.8) is 0 Å². The van der Waals surface area contributed by atoms with Crippen LogP contribution in [-0.2, 0) is 16.6 Å². The van der Waals surface area contributed by atoms with Crippen LogP contribution in [0.1, 0.15) is 31.3 Å². The normalized spacial score (nSPS) is 12.4. The van der Waals surface area contributed by atoms with E-state index in [4.69, 9.17) is 5.73 Å². The van der Waals surface area contributed by atoms with Gasteiger partial charge in [-0.3, -0.25) is 9.59 Å². The van der Waals surface area contributed by atoms with Gasteiger partial charge in [0, 0.05) is 19.4 Å². The summed E-state index contributed by atoms with van der Waals surface area (Å²) < 4.78 is 15.0. The number of aryl methyl sites for hydroxylation is 1. The third kappa shape index (κ3) is 6.78. The van der Waals surface area contributed by atoms with Crippen LogP contribution >= 0.6 is 24.8 Å². The highest BCUT2D eigenvalue weighted by atomic mass is 35.5. The van der Waals surface area contributed by atoms with E-state index in [0.29, 0.717) is 11.4 Å². The maximum Gasteiger partial charge on any atom is 0.240 e. The van der Waals surface area contributed by atoms with Gasteiger partial charge in [-0.05, 0) is 23.6 Å². The number of imidazole rings is 1. The molecule has 156 valence electrons. The number of rotatable bonds is 7. The molecule has 1 aromatic carbocycles. The van der Waals surface area contributed by atoms with Gasteiger partial charge >= 0.3 is 0 Å². The maximum absolute atomic E-state index is 13.2. The van der Waals surface area contributed by atoms with E-state index in [1.807, 2.05) is 13.8 Å². The van der Waals surface area contributed by atoms with Gasteiger partial charge in [0.15, 0.2) is 0 Å². The highest BCUT2D eigenvalue weighted by Crippen LogP contribution is 2.20.